The zero-order valence-corrected chi connectivity index (χ0v) is 12.2. The number of amides is 1. The zero-order valence-electron chi connectivity index (χ0n) is 12.2. The first-order chi connectivity index (χ1) is 11.8. The van der Waals surface area contributed by atoms with Gasteiger partial charge in [0.25, 0.3) is 17.3 Å². The summed E-state index contributed by atoms with van der Waals surface area (Å²) in [6.45, 7) is -3.00. The maximum atomic E-state index is 12.1. The Bertz CT molecular complexity index is 826. The van der Waals surface area contributed by atoms with Crippen molar-refractivity contribution in [2.45, 2.75) is 6.61 Å². The lowest BCUT2D eigenvalue weighted by molar-refractivity contribution is -0.394. The van der Waals surface area contributed by atoms with E-state index in [1.807, 2.05) is 0 Å². The molecule has 0 fully saturated rings. The average Bonchev–Trinajstić information content (AvgIpc) is 2.55. The number of nitrogens with one attached hydrogen (secondary N) is 1. The van der Waals surface area contributed by atoms with E-state index in [9.17, 15) is 33.8 Å². The zero-order chi connectivity index (χ0) is 18.6. The van der Waals surface area contributed by atoms with Gasteiger partial charge in [0, 0.05) is 11.8 Å². The van der Waals surface area contributed by atoms with E-state index in [1.165, 1.54) is 24.3 Å². The number of ether oxygens (including phenoxy) is 1. The van der Waals surface area contributed by atoms with Gasteiger partial charge in [-0.25, -0.2) is 0 Å². The van der Waals surface area contributed by atoms with Crippen LogP contribution < -0.4 is 10.1 Å². The monoisotopic (exact) mass is 353 g/mol. The molecule has 1 amide bonds. The van der Waals surface area contributed by atoms with E-state index in [0.29, 0.717) is 6.07 Å². The maximum Gasteiger partial charge on any atom is 0.387 e. The van der Waals surface area contributed by atoms with E-state index in [4.69, 9.17) is 0 Å². The summed E-state index contributed by atoms with van der Waals surface area (Å²) in [7, 11) is 0. The smallest absolute Gasteiger partial charge is 0.387 e. The van der Waals surface area contributed by atoms with Crippen molar-refractivity contribution in [1.29, 1.82) is 0 Å². The highest BCUT2D eigenvalue weighted by Crippen LogP contribution is 2.26. The summed E-state index contributed by atoms with van der Waals surface area (Å²) in [4.78, 5) is 32.1. The standard InChI is InChI=1S/C14H9F2N3O6/c15-14(16)25-10-4-1-8(2-5-10)17-13(20)11-6-3-9(18(21)22)7-12(11)19(23)24/h1-7,14H,(H,17,20). The highest BCUT2D eigenvalue weighted by Gasteiger charge is 2.24. The van der Waals surface area contributed by atoms with Gasteiger partial charge >= 0.3 is 6.61 Å². The van der Waals surface area contributed by atoms with E-state index in [1.54, 1.807) is 0 Å². The number of halogens is 2. The lowest BCUT2D eigenvalue weighted by Gasteiger charge is -2.08. The van der Waals surface area contributed by atoms with Crippen molar-refractivity contribution in [1.82, 2.24) is 0 Å². The van der Waals surface area contributed by atoms with Crippen molar-refractivity contribution in [3.63, 3.8) is 0 Å². The third-order valence-electron chi connectivity index (χ3n) is 2.97. The minimum Gasteiger partial charge on any atom is -0.435 e. The van der Waals surface area contributed by atoms with Crippen LogP contribution in [0, 0.1) is 20.2 Å². The summed E-state index contributed by atoms with van der Waals surface area (Å²) in [6, 6.07) is 7.45. The predicted molar refractivity (Wildman–Crippen MR) is 80.8 cm³/mol. The van der Waals surface area contributed by atoms with Crippen LogP contribution in [-0.4, -0.2) is 22.4 Å². The van der Waals surface area contributed by atoms with Gasteiger partial charge in [0.2, 0.25) is 0 Å². The van der Waals surface area contributed by atoms with Gasteiger partial charge in [0.1, 0.15) is 11.3 Å². The first-order valence-electron chi connectivity index (χ1n) is 6.57. The second kappa shape index (κ2) is 7.29. The number of hydrogen-bond acceptors (Lipinski definition) is 6. The molecule has 0 aliphatic carbocycles. The Labute approximate surface area is 138 Å². The van der Waals surface area contributed by atoms with Crippen LogP contribution in [0.3, 0.4) is 0 Å². The SMILES string of the molecule is O=C(Nc1ccc(OC(F)F)cc1)c1ccc([N+](=O)[O-])cc1[N+](=O)[O-]. The number of carbonyl (C=O) groups excluding carboxylic acids is 1. The molecule has 9 nitrogen and oxygen atoms in total. The van der Waals surface area contributed by atoms with Gasteiger partial charge in [-0.1, -0.05) is 0 Å². The minimum absolute atomic E-state index is 0.130. The molecule has 2 aromatic carbocycles. The molecular weight excluding hydrogens is 344 g/mol. The molecule has 0 unspecified atom stereocenters. The molecule has 2 aromatic rings. The number of non-ortho nitro benzene ring substituents is 1. The van der Waals surface area contributed by atoms with Crippen molar-refractivity contribution in [2.24, 2.45) is 0 Å². The molecular formula is C14H9F2N3O6. The first kappa shape index (κ1) is 17.7. The Morgan fingerprint density at radius 1 is 1.04 bits per heavy atom. The van der Waals surface area contributed by atoms with Crippen molar-refractivity contribution >= 4 is 23.0 Å². The highest BCUT2D eigenvalue weighted by molar-refractivity contribution is 6.07. The Hall–Kier alpha value is -3.63. The lowest BCUT2D eigenvalue weighted by atomic mass is 10.1. The first-order valence-corrected chi connectivity index (χ1v) is 6.57. The van der Waals surface area contributed by atoms with Crippen LogP contribution in [0.5, 0.6) is 5.75 Å². The van der Waals surface area contributed by atoms with E-state index in [-0.39, 0.29) is 17.0 Å². The quantitative estimate of drug-likeness (QED) is 0.627. The number of nitro groups is 2. The van der Waals surface area contributed by atoms with Crippen LogP contribution in [0.2, 0.25) is 0 Å². The van der Waals surface area contributed by atoms with Crippen LogP contribution in [0.15, 0.2) is 42.5 Å². The number of rotatable bonds is 6. The fraction of sp³-hybridized carbons (Fsp3) is 0.0714. The topological polar surface area (TPSA) is 125 Å². The summed E-state index contributed by atoms with van der Waals surface area (Å²) >= 11 is 0. The number of hydrogen-bond donors (Lipinski definition) is 1. The molecule has 0 aliphatic rings. The summed E-state index contributed by atoms with van der Waals surface area (Å²) in [5.41, 5.74) is -1.48. The van der Waals surface area contributed by atoms with E-state index in [0.717, 1.165) is 12.1 Å². The molecule has 11 heteroatoms. The predicted octanol–water partition coefficient (Wildman–Crippen LogP) is 3.36. The fourth-order valence-electron chi connectivity index (χ4n) is 1.89. The Balaban J connectivity index is 2.23. The molecule has 0 aliphatic heterocycles. The van der Waals surface area contributed by atoms with Crippen LogP contribution in [-0.2, 0) is 0 Å². The summed E-state index contributed by atoms with van der Waals surface area (Å²) in [6.07, 6.45) is 0. The molecule has 0 saturated heterocycles. The van der Waals surface area contributed by atoms with Gasteiger partial charge in [-0.15, -0.1) is 0 Å². The van der Waals surface area contributed by atoms with Gasteiger partial charge in [-0.3, -0.25) is 25.0 Å². The number of benzene rings is 2. The number of nitrogens with zero attached hydrogens (tertiary/aromatic N) is 2. The van der Waals surface area contributed by atoms with Gasteiger partial charge in [0.05, 0.1) is 15.9 Å². The van der Waals surface area contributed by atoms with Gasteiger partial charge < -0.3 is 10.1 Å². The Morgan fingerprint density at radius 2 is 1.68 bits per heavy atom. The highest BCUT2D eigenvalue weighted by atomic mass is 19.3. The minimum atomic E-state index is -3.00. The summed E-state index contributed by atoms with van der Waals surface area (Å²) in [5, 5.41) is 24.0. The molecule has 0 saturated carbocycles. The number of carbonyl (C=O) groups is 1. The van der Waals surface area contributed by atoms with Crippen molar-refractivity contribution < 1.29 is 28.2 Å². The molecule has 0 atom stereocenters. The third-order valence-corrected chi connectivity index (χ3v) is 2.97. The van der Waals surface area contributed by atoms with Crippen LogP contribution in [0.4, 0.5) is 25.8 Å². The van der Waals surface area contributed by atoms with E-state index < -0.39 is 33.7 Å². The molecule has 130 valence electrons. The maximum absolute atomic E-state index is 12.1. The molecule has 25 heavy (non-hydrogen) atoms. The molecule has 0 bridgehead atoms. The van der Waals surface area contributed by atoms with E-state index >= 15 is 0 Å². The molecule has 0 radical (unpaired) electrons. The van der Waals surface area contributed by atoms with E-state index in [2.05, 4.69) is 10.1 Å². The second-order valence-corrected chi connectivity index (χ2v) is 4.57. The Kier molecular flexibility index (Phi) is 5.17. The summed E-state index contributed by atoms with van der Waals surface area (Å²) < 4.78 is 28.3. The van der Waals surface area contributed by atoms with Crippen LogP contribution in [0.1, 0.15) is 10.4 Å². The van der Waals surface area contributed by atoms with Gasteiger partial charge in [-0.05, 0) is 30.3 Å². The van der Waals surface area contributed by atoms with Crippen molar-refractivity contribution in [2.75, 3.05) is 5.32 Å². The second-order valence-electron chi connectivity index (χ2n) is 4.57. The normalized spacial score (nSPS) is 10.4. The molecule has 0 aromatic heterocycles. The van der Waals surface area contributed by atoms with Crippen molar-refractivity contribution in [3.8, 4) is 5.75 Å². The van der Waals surface area contributed by atoms with Crippen molar-refractivity contribution in [3.05, 3.63) is 68.3 Å². The molecule has 0 heterocycles. The molecule has 0 spiro atoms. The number of alkyl halides is 2. The number of anilines is 1. The molecule has 2 rings (SSSR count). The third kappa shape index (κ3) is 4.43. The average molecular weight is 353 g/mol. The Morgan fingerprint density at radius 3 is 2.20 bits per heavy atom. The fourth-order valence-corrected chi connectivity index (χ4v) is 1.89. The van der Waals surface area contributed by atoms with Gasteiger partial charge in [-0.2, -0.15) is 8.78 Å². The van der Waals surface area contributed by atoms with Gasteiger partial charge in [0.15, 0.2) is 0 Å². The van der Waals surface area contributed by atoms with Crippen LogP contribution >= 0.6 is 0 Å². The largest absolute Gasteiger partial charge is 0.435 e. The molecule has 1 N–H and O–H groups in total. The number of nitro benzene ring substituents is 2. The summed E-state index contributed by atoms with van der Waals surface area (Å²) in [5.74, 6) is -1.02. The van der Waals surface area contributed by atoms with Crippen LogP contribution in [0.25, 0.3) is 0 Å². The lowest BCUT2D eigenvalue weighted by Crippen LogP contribution is -2.14.